The Kier molecular flexibility index (Phi) is 6.05. The third kappa shape index (κ3) is 4.74. The molecule has 0 aliphatic carbocycles. The number of nitrogens with zero attached hydrogens (tertiary/aromatic N) is 3. The SMILES string of the molecule is COc1cccc(NC(=O)NCCn2nc(-c3sc(C)nc3C)ccc2=O)c1. The van der Waals surface area contributed by atoms with Gasteiger partial charge in [0.1, 0.15) is 11.4 Å². The maximum Gasteiger partial charge on any atom is 0.319 e. The maximum atomic E-state index is 12.1. The number of carbonyl (C=O) groups is 1. The van der Waals surface area contributed by atoms with E-state index in [2.05, 4.69) is 20.7 Å². The van der Waals surface area contributed by atoms with Crippen LogP contribution in [0.3, 0.4) is 0 Å². The molecule has 1 aromatic carbocycles. The van der Waals surface area contributed by atoms with E-state index in [1.165, 1.54) is 22.1 Å². The van der Waals surface area contributed by atoms with Crippen LogP contribution in [0.2, 0.25) is 0 Å². The third-order valence-corrected chi connectivity index (χ3v) is 5.03. The molecule has 28 heavy (non-hydrogen) atoms. The van der Waals surface area contributed by atoms with Crippen LogP contribution in [0.25, 0.3) is 10.6 Å². The molecule has 2 amide bonds. The number of hydrogen-bond acceptors (Lipinski definition) is 6. The van der Waals surface area contributed by atoms with E-state index in [4.69, 9.17) is 4.74 Å². The van der Waals surface area contributed by atoms with Crippen molar-refractivity contribution in [1.29, 1.82) is 0 Å². The van der Waals surface area contributed by atoms with E-state index in [0.717, 1.165) is 15.6 Å². The normalized spacial score (nSPS) is 10.5. The van der Waals surface area contributed by atoms with Gasteiger partial charge in [-0.15, -0.1) is 11.3 Å². The molecule has 2 heterocycles. The molecule has 0 spiro atoms. The molecule has 0 saturated carbocycles. The van der Waals surface area contributed by atoms with Crippen LogP contribution in [-0.2, 0) is 6.54 Å². The number of aromatic nitrogens is 3. The average molecular weight is 399 g/mol. The number of amides is 2. The smallest absolute Gasteiger partial charge is 0.319 e. The number of carbonyl (C=O) groups excluding carboxylic acids is 1. The van der Waals surface area contributed by atoms with Gasteiger partial charge in [0.25, 0.3) is 5.56 Å². The van der Waals surface area contributed by atoms with Crippen molar-refractivity contribution in [3.63, 3.8) is 0 Å². The Hall–Kier alpha value is -3.20. The van der Waals surface area contributed by atoms with Crippen LogP contribution in [-0.4, -0.2) is 34.5 Å². The second-order valence-corrected chi connectivity index (χ2v) is 7.24. The predicted molar refractivity (Wildman–Crippen MR) is 109 cm³/mol. The molecule has 0 saturated heterocycles. The lowest BCUT2D eigenvalue weighted by Gasteiger charge is -2.10. The van der Waals surface area contributed by atoms with E-state index in [0.29, 0.717) is 17.1 Å². The molecule has 0 radical (unpaired) electrons. The highest BCUT2D eigenvalue weighted by molar-refractivity contribution is 7.15. The number of urea groups is 1. The van der Waals surface area contributed by atoms with Gasteiger partial charge in [0.15, 0.2) is 0 Å². The monoisotopic (exact) mass is 399 g/mol. The van der Waals surface area contributed by atoms with Crippen LogP contribution >= 0.6 is 11.3 Å². The number of methoxy groups -OCH3 is 1. The van der Waals surface area contributed by atoms with Crippen LogP contribution in [0.15, 0.2) is 41.2 Å². The molecule has 0 fully saturated rings. The predicted octanol–water partition coefficient (Wildman–Crippen LogP) is 2.81. The first-order valence-electron chi connectivity index (χ1n) is 8.68. The molecule has 0 atom stereocenters. The Morgan fingerprint density at radius 3 is 2.79 bits per heavy atom. The summed E-state index contributed by atoms with van der Waals surface area (Å²) in [4.78, 5) is 29.5. The first kappa shape index (κ1) is 19.6. The van der Waals surface area contributed by atoms with Gasteiger partial charge in [0, 0.05) is 24.4 Å². The fourth-order valence-corrected chi connectivity index (χ4v) is 3.54. The van der Waals surface area contributed by atoms with Gasteiger partial charge in [-0.2, -0.15) is 5.10 Å². The van der Waals surface area contributed by atoms with Gasteiger partial charge in [-0.25, -0.2) is 14.5 Å². The Morgan fingerprint density at radius 2 is 2.07 bits per heavy atom. The fourth-order valence-electron chi connectivity index (χ4n) is 2.65. The molecule has 9 heteroatoms. The Morgan fingerprint density at radius 1 is 1.25 bits per heavy atom. The number of aryl methyl sites for hydroxylation is 2. The summed E-state index contributed by atoms with van der Waals surface area (Å²) in [5.74, 6) is 0.652. The fraction of sp³-hybridized carbons (Fsp3) is 0.263. The van der Waals surface area contributed by atoms with Crippen molar-refractivity contribution in [2.45, 2.75) is 20.4 Å². The summed E-state index contributed by atoms with van der Waals surface area (Å²) in [6.45, 7) is 4.37. The van der Waals surface area contributed by atoms with Crippen LogP contribution in [0.5, 0.6) is 5.75 Å². The van der Waals surface area contributed by atoms with Crippen LogP contribution < -0.4 is 20.9 Å². The Balaban J connectivity index is 1.61. The topological polar surface area (TPSA) is 98.1 Å². The molecule has 0 bridgehead atoms. The summed E-state index contributed by atoms with van der Waals surface area (Å²) in [7, 11) is 1.56. The number of ether oxygens (including phenoxy) is 1. The summed E-state index contributed by atoms with van der Waals surface area (Å²) in [5.41, 5.74) is 1.97. The van der Waals surface area contributed by atoms with E-state index < -0.39 is 0 Å². The second kappa shape index (κ2) is 8.66. The van der Waals surface area contributed by atoms with Crippen molar-refractivity contribution < 1.29 is 9.53 Å². The molecule has 2 N–H and O–H groups in total. The summed E-state index contributed by atoms with van der Waals surface area (Å²) in [5, 5.41) is 10.8. The zero-order chi connectivity index (χ0) is 20.1. The number of hydrogen-bond donors (Lipinski definition) is 2. The molecule has 146 valence electrons. The van der Waals surface area contributed by atoms with Gasteiger partial charge in [-0.3, -0.25) is 4.79 Å². The van der Waals surface area contributed by atoms with Crippen LogP contribution in [0.4, 0.5) is 10.5 Å². The first-order valence-corrected chi connectivity index (χ1v) is 9.49. The van der Waals surface area contributed by atoms with E-state index in [1.807, 2.05) is 13.8 Å². The minimum Gasteiger partial charge on any atom is -0.497 e. The molecule has 3 aromatic rings. The number of benzene rings is 1. The summed E-state index contributed by atoms with van der Waals surface area (Å²) in [6, 6.07) is 9.86. The quantitative estimate of drug-likeness (QED) is 0.664. The Labute approximate surface area is 166 Å². The third-order valence-electron chi connectivity index (χ3n) is 3.94. The highest BCUT2D eigenvalue weighted by atomic mass is 32.1. The molecule has 0 aliphatic rings. The standard InChI is InChI=1S/C19H21N5O3S/c1-12-18(28-13(2)21-12)16-7-8-17(25)24(23-16)10-9-20-19(26)22-14-5-4-6-15(11-14)27-3/h4-8,11H,9-10H2,1-3H3,(H2,20,22,26). The minimum atomic E-state index is -0.369. The highest BCUT2D eigenvalue weighted by Crippen LogP contribution is 2.27. The van der Waals surface area contributed by atoms with Gasteiger partial charge in [-0.1, -0.05) is 6.07 Å². The second-order valence-electron chi connectivity index (χ2n) is 6.04. The van der Waals surface area contributed by atoms with Crippen molar-refractivity contribution in [2.75, 3.05) is 19.0 Å². The van der Waals surface area contributed by atoms with Gasteiger partial charge >= 0.3 is 6.03 Å². The lowest BCUT2D eigenvalue weighted by molar-refractivity contribution is 0.251. The molecule has 0 unspecified atom stereocenters. The van der Waals surface area contributed by atoms with Gasteiger partial charge in [0.05, 0.1) is 29.2 Å². The van der Waals surface area contributed by atoms with Crippen molar-refractivity contribution in [3.05, 3.63) is 57.5 Å². The molecule has 8 nitrogen and oxygen atoms in total. The van der Waals surface area contributed by atoms with Crippen LogP contribution in [0, 0.1) is 13.8 Å². The number of nitrogens with one attached hydrogen (secondary N) is 2. The van der Waals surface area contributed by atoms with E-state index in [9.17, 15) is 9.59 Å². The zero-order valence-corrected chi connectivity index (χ0v) is 16.7. The average Bonchev–Trinajstić information content (AvgIpc) is 3.01. The largest absolute Gasteiger partial charge is 0.497 e. The Bertz CT molecular complexity index is 1040. The molecular formula is C19H21N5O3S. The first-order chi connectivity index (χ1) is 13.5. The summed E-state index contributed by atoms with van der Waals surface area (Å²) in [6.07, 6.45) is 0. The molecule has 2 aromatic heterocycles. The van der Waals surface area contributed by atoms with E-state index in [-0.39, 0.29) is 24.7 Å². The lowest BCUT2D eigenvalue weighted by Crippen LogP contribution is -2.34. The molecule has 3 rings (SSSR count). The summed E-state index contributed by atoms with van der Waals surface area (Å²) >= 11 is 1.54. The van der Waals surface area contributed by atoms with Crippen molar-refractivity contribution in [3.8, 4) is 16.3 Å². The van der Waals surface area contributed by atoms with Gasteiger partial charge in [0.2, 0.25) is 0 Å². The van der Waals surface area contributed by atoms with Gasteiger partial charge in [-0.05, 0) is 32.0 Å². The lowest BCUT2D eigenvalue weighted by atomic mass is 10.3. The van der Waals surface area contributed by atoms with Gasteiger partial charge < -0.3 is 15.4 Å². The zero-order valence-electron chi connectivity index (χ0n) is 15.9. The molecular weight excluding hydrogens is 378 g/mol. The van der Waals surface area contributed by atoms with E-state index in [1.54, 1.807) is 37.4 Å². The molecule has 0 aliphatic heterocycles. The number of rotatable bonds is 6. The van der Waals surface area contributed by atoms with Crippen molar-refractivity contribution in [1.82, 2.24) is 20.1 Å². The van der Waals surface area contributed by atoms with Crippen molar-refractivity contribution in [2.24, 2.45) is 0 Å². The number of thiazole rings is 1. The minimum absolute atomic E-state index is 0.224. The number of anilines is 1. The van der Waals surface area contributed by atoms with E-state index >= 15 is 0 Å². The maximum absolute atomic E-state index is 12.1. The highest BCUT2D eigenvalue weighted by Gasteiger charge is 2.11. The van der Waals surface area contributed by atoms with Crippen molar-refractivity contribution >= 4 is 23.1 Å². The summed E-state index contributed by atoms with van der Waals surface area (Å²) < 4.78 is 6.47. The van der Waals surface area contributed by atoms with Crippen LogP contribution in [0.1, 0.15) is 10.7 Å².